The highest BCUT2D eigenvalue weighted by atomic mass is 35.5. The van der Waals surface area contributed by atoms with Crippen LogP contribution in [0.25, 0.3) is 0 Å². The quantitative estimate of drug-likeness (QED) is 0.753. The van der Waals surface area contributed by atoms with E-state index in [-0.39, 0.29) is 23.1 Å². The van der Waals surface area contributed by atoms with Gasteiger partial charge >= 0.3 is 5.97 Å². The summed E-state index contributed by atoms with van der Waals surface area (Å²) in [4.78, 5) is 24.1. The molecule has 0 heterocycles. The summed E-state index contributed by atoms with van der Waals surface area (Å²) in [6.45, 7) is 7.59. The number of aryl methyl sites for hydroxylation is 2. The first-order valence-corrected chi connectivity index (χ1v) is 8.70. The third kappa shape index (κ3) is 5.23. The Bertz CT molecular complexity index is 799. The monoisotopic (exact) mass is 375 g/mol. The van der Waals surface area contributed by atoms with Gasteiger partial charge in [0, 0.05) is 5.69 Å². The minimum Gasteiger partial charge on any atom is -0.481 e. The molecule has 1 unspecified atom stereocenters. The molecule has 0 fully saturated rings. The van der Waals surface area contributed by atoms with Gasteiger partial charge in [-0.1, -0.05) is 17.7 Å². The van der Waals surface area contributed by atoms with E-state index in [1.807, 2.05) is 32.0 Å². The molecule has 1 N–H and O–H groups in total. The van der Waals surface area contributed by atoms with E-state index in [2.05, 4.69) is 5.32 Å². The first-order chi connectivity index (χ1) is 12.3. The van der Waals surface area contributed by atoms with Gasteiger partial charge in [-0.25, -0.2) is 4.79 Å². The minimum atomic E-state index is -0.695. The zero-order valence-electron chi connectivity index (χ0n) is 15.3. The lowest BCUT2D eigenvalue weighted by molar-refractivity contribution is -0.122. The number of nitrogens with one attached hydrogen (secondary N) is 1. The van der Waals surface area contributed by atoms with E-state index in [9.17, 15) is 9.59 Å². The number of hydrogen-bond acceptors (Lipinski definition) is 4. The van der Waals surface area contributed by atoms with Crippen molar-refractivity contribution in [2.24, 2.45) is 0 Å². The molecule has 0 saturated carbocycles. The molecule has 2 aromatic carbocycles. The van der Waals surface area contributed by atoms with E-state index in [1.165, 1.54) is 12.1 Å². The van der Waals surface area contributed by atoms with E-state index in [0.29, 0.717) is 11.4 Å². The highest BCUT2D eigenvalue weighted by Gasteiger charge is 2.17. The fraction of sp³-hybridized carbons (Fsp3) is 0.300. The van der Waals surface area contributed by atoms with Gasteiger partial charge in [0.2, 0.25) is 0 Å². The Morgan fingerprint density at radius 1 is 1.12 bits per heavy atom. The maximum atomic E-state index is 12.3. The second-order valence-corrected chi connectivity index (χ2v) is 6.40. The summed E-state index contributed by atoms with van der Waals surface area (Å²) in [7, 11) is 0. The highest BCUT2D eigenvalue weighted by molar-refractivity contribution is 6.34. The van der Waals surface area contributed by atoms with Crippen LogP contribution in [0.3, 0.4) is 0 Å². The van der Waals surface area contributed by atoms with Crippen molar-refractivity contribution in [3.8, 4) is 5.75 Å². The SMILES string of the molecule is CCOC(=O)c1ccc(NC(=O)C(C)Oc2cc(C)cc(C)c2)cc1Cl. The molecule has 2 aromatic rings. The van der Waals surface area contributed by atoms with Crippen LogP contribution in [-0.4, -0.2) is 24.6 Å². The fourth-order valence-electron chi connectivity index (χ4n) is 2.47. The number of benzene rings is 2. The average molecular weight is 376 g/mol. The summed E-state index contributed by atoms with van der Waals surface area (Å²) < 4.78 is 10.6. The molecule has 0 spiro atoms. The van der Waals surface area contributed by atoms with Gasteiger partial charge < -0.3 is 14.8 Å². The number of carbonyl (C=O) groups excluding carboxylic acids is 2. The molecule has 1 atom stereocenters. The van der Waals surface area contributed by atoms with E-state index in [4.69, 9.17) is 21.1 Å². The largest absolute Gasteiger partial charge is 0.481 e. The lowest BCUT2D eigenvalue weighted by Gasteiger charge is -2.16. The van der Waals surface area contributed by atoms with Crippen LogP contribution in [-0.2, 0) is 9.53 Å². The van der Waals surface area contributed by atoms with Crippen molar-refractivity contribution < 1.29 is 19.1 Å². The van der Waals surface area contributed by atoms with Crippen LogP contribution in [0.15, 0.2) is 36.4 Å². The third-order valence-corrected chi connectivity index (χ3v) is 3.92. The molecule has 26 heavy (non-hydrogen) atoms. The zero-order valence-corrected chi connectivity index (χ0v) is 16.0. The number of esters is 1. The second kappa shape index (κ2) is 8.72. The molecule has 0 aliphatic carbocycles. The molecule has 138 valence electrons. The van der Waals surface area contributed by atoms with Crippen LogP contribution in [0, 0.1) is 13.8 Å². The molecule has 0 bridgehead atoms. The van der Waals surface area contributed by atoms with Crippen molar-refractivity contribution in [1.29, 1.82) is 0 Å². The number of halogens is 1. The van der Waals surface area contributed by atoms with Crippen molar-refractivity contribution in [2.75, 3.05) is 11.9 Å². The van der Waals surface area contributed by atoms with E-state index in [1.54, 1.807) is 19.9 Å². The van der Waals surface area contributed by atoms with Gasteiger partial charge in [0.05, 0.1) is 17.2 Å². The van der Waals surface area contributed by atoms with Crippen molar-refractivity contribution in [2.45, 2.75) is 33.8 Å². The first kappa shape index (κ1) is 19.8. The standard InChI is InChI=1S/C20H22ClNO4/c1-5-25-20(24)17-7-6-15(11-18(17)21)22-19(23)14(4)26-16-9-12(2)8-13(3)10-16/h6-11,14H,5H2,1-4H3,(H,22,23). The van der Waals surface area contributed by atoms with Gasteiger partial charge in [-0.15, -0.1) is 0 Å². The zero-order chi connectivity index (χ0) is 19.3. The summed E-state index contributed by atoms with van der Waals surface area (Å²) in [5.74, 6) is -0.174. The number of carbonyl (C=O) groups is 2. The Hall–Kier alpha value is -2.53. The molecule has 0 radical (unpaired) electrons. The maximum absolute atomic E-state index is 12.3. The van der Waals surface area contributed by atoms with Crippen molar-refractivity contribution >= 4 is 29.2 Å². The fourth-order valence-corrected chi connectivity index (χ4v) is 2.73. The molecule has 0 aliphatic heterocycles. The number of amides is 1. The van der Waals surface area contributed by atoms with E-state index < -0.39 is 12.1 Å². The Morgan fingerprint density at radius 2 is 1.77 bits per heavy atom. The molecule has 0 aliphatic rings. The van der Waals surface area contributed by atoms with Crippen LogP contribution < -0.4 is 10.1 Å². The molecule has 5 nitrogen and oxygen atoms in total. The summed E-state index contributed by atoms with van der Waals surface area (Å²) in [6.07, 6.45) is -0.695. The normalized spacial score (nSPS) is 11.6. The first-order valence-electron chi connectivity index (χ1n) is 8.32. The highest BCUT2D eigenvalue weighted by Crippen LogP contribution is 2.23. The summed E-state index contributed by atoms with van der Waals surface area (Å²) in [5.41, 5.74) is 2.86. The van der Waals surface area contributed by atoms with Gasteiger partial charge in [0.1, 0.15) is 5.75 Å². The third-order valence-electron chi connectivity index (χ3n) is 3.61. The Balaban J connectivity index is 2.04. The number of ether oxygens (including phenoxy) is 2. The van der Waals surface area contributed by atoms with Crippen LogP contribution in [0.5, 0.6) is 5.75 Å². The van der Waals surface area contributed by atoms with Crippen LogP contribution >= 0.6 is 11.6 Å². The predicted molar refractivity (Wildman–Crippen MR) is 102 cm³/mol. The Kier molecular flexibility index (Phi) is 6.64. The van der Waals surface area contributed by atoms with Gasteiger partial charge in [-0.05, 0) is 69.2 Å². The van der Waals surface area contributed by atoms with Gasteiger partial charge in [0.15, 0.2) is 6.10 Å². The van der Waals surface area contributed by atoms with E-state index in [0.717, 1.165) is 11.1 Å². The van der Waals surface area contributed by atoms with Crippen molar-refractivity contribution in [1.82, 2.24) is 0 Å². The molecule has 2 rings (SSSR count). The van der Waals surface area contributed by atoms with Gasteiger partial charge in [-0.3, -0.25) is 4.79 Å². The molecule has 0 aromatic heterocycles. The molecule has 1 amide bonds. The topological polar surface area (TPSA) is 64.6 Å². The van der Waals surface area contributed by atoms with Crippen LogP contribution in [0.4, 0.5) is 5.69 Å². The lowest BCUT2D eigenvalue weighted by Crippen LogP contribution is -2.30. The summed E-state index contributed by atoms with van der Waals surface area (Å²) in [6, 6.07) is 10.4. The number of rotatable bonds is 6. The summed E-state index contributed by atoms with van der Waals surface area (Å²) >= 11 is 6.10. The summed E-state index contributed by atoms with van der Waals surface area (Å²) in [5, 5.41) is 2.94. The van der Waals surface area contributed by atoms with E-state index >= 15 is 0 Å². The van der Waals surface area contributed by atoms with Crippen molar-refractivity contribution in [3.63, 3.8) is 0 Å². The molecular formula is C20H22ClNO4. The average Bonchev–Trinajstić information content (AvgIpc) is 2.54. The number of hydrogen-bond donors (Lipinski definition) is 1. The molecule has 0 saturated heterocycles. The van der Waals surface area contributed by atoms with Crippen molar-refractivity contribution in [3.05, 3.63) is 58.1 Å². The Morgan fingerprint density at radius 3 is 2.35 bits per heavy atom. The predicted octanol–water partition coefficient (Wildman–Crippen LogP) is 4.54. The molecular weight excluding hydrogens is 354 g/mol. The van der Waals surface area contributed by atoms with Crippen LogP contribution in [0.1, 0.15) is 35.3 Å². The molecule has 6 heteroatoms. The minimum absolute atomic E-state index is 0.212. The maximum Gasteiger partial charge on any atom is 0.339 e. The number of anilines is 1. The van der Waals surface area contributed by atoms with Crippen LogP contribution in [0.2, 0.25) is 5.02 Å². The Labute approximate surface area is 158 Å². The smallest absolute Gasteiger partial charge is 0.339 e. The van der Waals surface area contributed by atoms with Gasteiger partial charge in [-0.2, -0.15) is 0 Å². The lowest BCUT2D eigenvalue weighted by atomic mass is 10.1. The second-order valence-electron chi connectivity index (χ2n) is 5.99. The van der Waals surface area contributed by atoms with Gasteiger partial charge in [0.25, 0.3) is 5.91 Å².